The second kappa shape index (κ2) is 2.89. The van der Waals surface area contributed by atoms with Gasteiger partial charge in [-0.2, -0.15) is 13.2 Å². The molecule has 0 atom stereocenters. The highest BCUT2D eigenvalue weighted by molar-refractivity contribution is 5.21. The fourth-order valence-electron chi connectivity index (χ4n) is 0.730. The van der Waals surface area contributed by atoms with Crippen molar-refractivity contribution in [3.05, 3.63) is 17.5 Å². The van der Waals surface area contributed by atoms with Crippen LogP contribution in [0.15, 0.2) is 10.7 Å². The summed E-state index contributed by atoms with van der Waals surface area (Å²) in [7, 11) is 0. The van der Waals surface area contributed by atoms with Gasteiger partial charge in [-0.15, -0.1) is 12.3 Å². The average Bonchev–Trinajstić information content (AvgIpc) is 2.34. The lowest BCUT2D eigenvalue weighted by molar-refractivity contribution is -0.156. The zero-order valence-electron chi connectivity index (χ0n) is 5.85. The predicted octanol–water partition coefficient (Wildman–Crippen LogP) is 1.87. The highest BCUT2D eigenvalue weighted by atomic mass is 19.4. The Morgan fingerprint density at radius 2 is 2.25 bits per heavy atom. The molecule has 0 aromatic carbocycles. The monoisotopic (exact) mass is 175 g/mol. The fourth-order valence-corrected chi connectivity index (χ4v) is 0.730. The molecular weight excluding hydrogens is 171 g/mol. The van der Waals surface area contributed by atoms with Crippen LogP contribution in [0.1, 0.15) is 11.3 Å². The highest BCUT2D eigenvalue weighted by Crippen LogP contribution is 2.31. The molecule has 0 saturated heterocycles. The first-order valence-corrected chi connectivity index (χ1v) is 3.00. The van der Waals surface area contributed by atoms with Crippen LogP contribution in [-0.2, 0) is 12.6 Å². The minimum atomic E-state index is -4.51. The van der Waals surface area contributed by atoms with Crippen LogP contribution < -0.4 is 0 Å². The molecule has 0 amide bonds. The minimum Gasteiger partial charge on any atom is -0.351 e. The predicted molar refractivity (Wildman–Crippen MR) is 34.0 cm³/mol. The van der Waals surface area contributed by atoms with Gasteiger partial charge >= 0.3 is 6.18 Å². The van der Waals surface area contributed by atoms with Gasteiger partial charge in [0.2, 0.25) is 5.76 Å². The van der Waals surface area contributed by atoms with Crippen molar-refractivity contribution in [3.63, 3.8) is 0 Å². The van der Waals surface area contributed by atoms with Crippen LogP contribution in [0.3, 0.4) is 0 Å². The molecule has 1 aromatic heterocycles. The van der Waals surface area contributed by atoms with Crippen molar-refractivity contribution < 1.29 is 17.7 Å². The molecule has 12 heavy (non-hydrogen) atoms. The molecule has 64 valence electrons. The van der Waals surface area contributed by atoms with Crippen LogP contribution in [0, 0.1) is 12.3 Å². The molecule has 0 saturated carbocycles. The lowest BCUT2D eigenvalue weighted by atomic mass is 10.2. The lowest BCUT2D eigenvalue weighted by Gasteiger charge is -2.01. The Morgan fingerprint density at radius 3 is 2.75 bits per heavy atom. The number of rotatable bonds is 1. The number of nitrogens with zero attached hydrogens (tertiary/aromatic N) is 1. The van der Waals surface area contributed by atoms with Gasteiger partial charge in [0.1, 0.15) is 0 Å². The van der Waals surface area contributed by atoms with E-state index in [1.54, 1.807) is 0 Å². The Morgan fingerprint density at radius 1 is 1.58 bits per heavy atom. The van der Waals surface area contributed by atoms with Crippen LogP contribution in [0.2, 0.25) is 0 Å². The Bertz CT molecular complexity index is 307. The molecule has 0 aliphatic heterocycles. The van der Waals surface area contributed by atoms with E-state index < -0.39 is 11.9 Å². The van der Waals surface area contributed by atoms with Crippen LogP contribution in [-0.4, -0.2) is 5.16 Å². The van der Waals surface area contributed by atoms with Crippen LogP contribution in [0.25, 0.3) is 0 Å². The third-order valence-electron chi connectivity index (χ3n) is 1.19. The summed E-state index contributed by atoms with van der Waals surface area (Å²) in [4.78, 5) is 0. The van der Waals surface area contributed by atoms with Crippen LogP contribution >= 0.6 is 0 Å². The number of terminal acetylenes is 1. The van der Waals surface area contributed by atoms with Gasteiger partial charge < -0.3 is 4.52 Å². The average molecular weight is 175 g/mol. The van der Waals surface area contributed by atoms with Crippen molar-refractivity contribution in [1.82, 2.24) is 5.16 Å². The van der Waals surface area contributed by atoms with E-state index in [1.165, 1.54) is 0 Å². The first-order chi connectivity index (χ1) is 5.55. The molecule has 1 heterocycles. The minimum absolute atomic E-state index is 0.106. The molecule has 0 aliphatic rings. The van der Waals surface area contributed by atoms with Crippen molar-refractivity contribution >= 4 is 0 Å². The van der Waals surface area contributed by atoms with Gasteiger partial charge in [0.25, 0.3) is 0 Å². The molecule has 0 N–H and O–H groups in total. The van der Waals surface area contributed by atoms with E-state index in [0.29, 0.717) is 0 Å². The van der Waals surface area contributed by atoms with E-state index in [1.807, 2.05) is 0 Å². The van der Waals surface area contributed by atoms with Crippen molar-refractivity contribution in [3.8, 4) is 12.3 Å². The molecule has 0 spiro atoms. The third kappa shape index (κ3) is 1.59. The van der Waals surface area contributed by atoms with Gasteiger partial charge in [-0.25, -0.2) is 0 Å². The first-order valence-electron chi connectivity index (χ1n) is 3.00. The lowest BCUT2D eigenvalue weighted by Crippen LogP contribution is -2.06. The van der Waals surface area contributed by atoms with Crippen LogP contribution in [0.5, 0.6) is 0 Å². The second-order valence-corrected chi connectivity index (χ2v) is 2.06. The molecule has 0 unspecified atom stereocenters. The quantitative estimate of drug-likeness (QED) is 0.609. The van der Waals surface area contributed by atoms with Gasteiger partial charge in [0, 0.05) is 12.0 Å². The number of halogens is 3. The van der Waals surface area contributed by atoms with Crippen LogP contribution in [0.4, 0.5) is 13.2 Å². The van der Waals surface area contributed by atoms with E-state index in [9.17, 15) is 13.2 Å². The highest BCUT2D eigenvalue weighted by Gasteiger charge is 2.38. The molecule has 1 rings (SSSR count). The van der Waals surface area contributed by atoms with E-state index in [4.69, 9.17) is 6.42 Å². The maximum Gasteiger partial charge on any atom is 0.452 e. The van der Waals surface area contributed by atoms with Gasteiger partial charge in [-0.1, -0.05) is 5.16 Å². The zero-order valence-corrected chi connectivity index (χ0v) is 5.85. The smallest absolute Gasteiger partial charge is 0.351 e. The molecule has 0 fully saturated rings. The topological polar surface area (TPSA) is 26.0 Å². The Kier molecular flexibility index (Phi) is 2.09. The standard InChI is InChI=1S/C7H4F3NO/c1-2-3-5-4-11-12-6(5)7(8,9)10/h1,4H,3H2. The molecule has 0 radical (unpaired) electrons. The van der Waals surface area contributed by atoms with E-state index in [2.05, 4.69) is 15.6 Å². The Hall–Kier alpha value is -1.44. The fraction of sp³-hybridized carbons (Fsp3) is 0.286. The van der Waals surface area contributed by atoms with Gasteiger partial charge in [-0.3, -0.25) is 0 Å². The van der Waals surface area contributed by atoms with E-state index in [0.717, 1.165) is 6.20 Å². The van der Waals surface area contributed by atoms with Crippen molar-refractivity contribution in [2.24, 2.45) is 0 Å². The van der Waals surface area contributed by atoms with Crippen molar-refractivity contribution in [1.29, 1.82) is 0 Å². The summed E-state index contributed by atoms with van der Waals surface area (Å²) < 4.78 is 40.0. The van der Waals surface area contributed by atoms with Gasteiger partial charge in [0.05, 0.1) is 6.20 Å². The normalized spacial score (nSPS) is 11.2. The first kappa shape index (κ1) is 8.65. The number of hydrogen-bond donors (Lipinski definition) is 0. The largest absolute Gasteiger partial charge is 0.452 e. The zero-order chi connectivity index (χ0) is 9.19. The van der Waals surface area contributed by atoms with Gasteiger partial charge in [0.15, 0.2) is 0 Å². The maximum absolute atomic E-state index is 12.0. The summed E-state index contributed by atoms with van der Waals surface area (Å²) in [5, 5.41) is 3.02. The Labute approximate surface area is 66.4 Å². The summed E-state index contributed by atoms with van der Waals surface area (Å²) in [6.07, 6.45) is 1.18. The molecule has 2 nitrogen and oxygen atoms in total. The molecule has 5 heteroatoms. The van der Waals surface area contributed by atoms with Crippen molar-refractivity contribution in [2.75, 3.05) is 0 Å². The Balaban J connectivity index is 3.01. The molecular formula is C7H4F3NO. The summed E-state index contributed by atoms with van der Waals surface area (Å²) in [6, 6.07) is 0. The summed E-state index contributed by atoms with van der Waals surface area (Å²) in [5.41, 5.74) is -0.106. The third-order valence-corrected chi connectivity index (χ3v) is 1.19. The number of hydrogen-bond acceptors (Lipinski definition) is 2. The second-order valence-electron chi connectivity index (χ2n) is 2.06. The molecule has 1 aromatic rings. The SMILES string of the molecule is C#CCc1cnoc1C(F)(F)F. The summed E-state index contributed by atoms with van der Waals surface area (Å²) in [6.45, 7) is 0. The molecule has 0 bridgehead atoms. The molecule has 0 aliphatic carbocycles. The van der Waals surface area contributed by atoms with Gasteiger partial charge in [-0.05, 0) is 0 Å². The maximum atomic E-state index is 12.0. The van der Waals surface area contributed by atoms with Crippen molar-refractivity contribution in [2.45, 2.75) is 12.6 Å². The number of alkyl halides is 3. The van der Waals surface area contributed by atoms with E-state index >= 15 is 0 Å². The summed E-state index contributed by atoms with van der Waals surface area (Å²) in [5.74, 6) is 0.972. The summed E-state index contributed by atoms with van der Waals surface area (Å²) >= 11 is 0. The van der Waals surface area contributed by atoms with E-state index in [-0.39, 0.29) is 12.0 Å². The number of aromatic nitrogens is 1.